The Labute approximate surface area is 120 Å². The molecular formula is C14H15NO2S2. The molecule has 0 bridgehead atoms. The Hall–Kier alpha value is -1.43. The Kier molecular flexibility index (Phi) is 4.90. The van der Waals surface area contributed by atoms with Crippen LogP contribution in [0.4, 0.5) is 0 Å². The van der Waals surface area contributed by atoms with Gasteiger partial charge in [0.2, 0.25) is 0 Å². The van der Waals surface area contributed by atoms with Crippen LogP contribution in [0, 0.1) is 0 Å². The fraction of sp³-hybridized carbons (Fsp3) is 0.214. The molecule has 100 valence electrons. The van der Waals surface area contributed by atoms with Crippen LogP contribution in [0.2, 0.25) is 0 Å². The van der Waals surface area contributed by atoms with Crippen molar-refractivity contribution >= 4 is 34.7 Å². The molecule has 5 heteroatoms. The highest BCUT2D eigenvalue weighted by molar-refractivity contribution is 7.10. The van der Waals surface area contributed by atoms with Gasteiger partial charge in [0.25, 0.3) is 0 Å². The van der Waals surface area contributed by atoms with E-state index in [4.69, 9.17) is 5.11 Å². The standard InChI is InChI=1S/C14H15NO2S2/c1-15(7-12-4-5-18-9-12)8-13-6-11(10-19-13)2-3-14(16)17/h2-6,9-10H,7-8H2,1H3,(H,16,17). The summed E-state index contributed by atoms with van der Waals surface area (Å²) in [7, 11) is 2.09. The average molecular weight is 293 g/mol. The first-order chi connectivity index (χ1) is 9.13. The molecule has 19 heavy (non-hydrogen) atoms. The fourth-order valence-electron chi connectivity index (χ4n) is 1.75. The van der Waals surface area contributed by atoms with Crippen molar-refractivity contribution in [1.29, 1.82) is 0 Å². The van der Waals surface area contributed by atoms with E-state index in [9.17, 15) is 4.79 Å². The van der Waals surface area contributed by atoms with E-state index in [-0.39, 0.29) is 0 Å². The van der Waals surface area contributed by atoms with Crippen LogP contribution >= 0.6 is 22.7 Å². The molecule has 2 heterocycles. The summed E-state index contributed by atoms with van der Waals surface area (Å²) < 4.78 is 0. The van der Waals surface area contributed by atoms with Crippen molar-refractivity contribution in [2.24, 2.45) is 0 Å². The number of aliphatic carboxylic acids is 1. The number of hydrogen-bond acceptors (Lipinski definition) is 4. The molecule has 0 saturated carbocycles. The first kappa shape index (κ1) is 14.0. The van der Waals surface area contributed by atoms with Gasteiger partial charge in [0.15, 0.2) is 0 Å². The second-order valence-electron chi connectivity index (χ2n) is 4.32. The quantitative estimate of drug-likeness (QED) is 0.828. The fourth-order valence-corrected chi connectivity index (χ4v) is 3.34. The first-order valence-electron chi connectivity index (χ1n) is 5.81. The monoisotopic (exact) mass is 293 g/mol. The lowest BCUT2D eigenvalue weighted by molar-refractivity contribution is -0.131. The normalized spacial score (nSPS) is 11.5. The molecule has 0 unspecified atom stereocenters. The molecule has 3 nitrogen and oxygen atoms in total. The highest BCUT2D eigenvalue weighted by Gasteiger charge is 2.04. The molecule has 0 aromatic carbocycles. The number of carboxylic acids is 1. The summed E-state index contributed by atoms with van der Waals surface area (Å²) in [5, 5.41) is 14.8. The summed E-state index contributed by atoms with van der Waals surface area (Å²) in [5.41, 5.74) is 2.28. The van der Waals surface area contributed by atoms with Crippen molar-refractivity contribution in [3.8, 4) is 0 Å². The number of carboxylic acid groups (broad SMARTS) is 1. The Morgan fingerprint density at radius 2 is 2.26 bits per heavy atom. The third-order valence-corrected chi connectivity index (χ3v) is 4.22. The van der Waals surface area contributed by atoms with Crippen LogP contribution in [-0.2, 0) is 17.9 Å². The summed E-state index contributed by atoms with van der Waals surface area (Å²) in [4.78, 5) is 13.9. The second kappa shape index (κ2) is 6.65. The summed E-state index contributed by atoms with van der Waals surface area (Å²) in [6.07, 6.45) is 2.79. The van der Waals surface area contributed by atoms with Crippen molar-refractivity contribution in [1.82, 2.24) is 4.90 Å². The minimum atomic E-state index is -0.915. The van der Waals surface area contributed by atoms with Gasteiger partial charge in [-0.15, -0.1) is 11.3 Å². The first-order valence-corrected chi connectivity index (χ1v) is 7.64. The lowest BCUT2D eigenvalue weighted by Gasteiger charge is -2.14. The molecule has 0 aliphatic rings. The molecule has 2 rings (SSSR count). The number of hydrogen-bond donors (Lipinski definition) is 1. The predicted molar refractivity (Wildman–Crippen MR) is 80.5 cm³/mol. The number of rotatable bonds is 6. The van der Waals surface area contributed by atoms with Crippen LogP contribution in [0.25, 0.3) is 6.08 Å². The zero-order valence-electron chi connectivity index (χ0n) is 10.6. The number of carbonyl (C=O) groups is 1. The van der Waals surface area contributed by atoms with Crippen molar-refractivity contribution in [3.63, 3.8) is 0 Å². The van der Waals surface area contributed by atoms with Crippen molar-refractivity contribution in [3.05, 3.63) is 50.4 Å². The minimum absolute atomic E-state index is 0.876. The third-order valence-electron chi connectivity index (χ3n) is 2.55. The molecule has 0 atom stereocenters. The predicted octanol–water partition coefficient (Wildman–Crippen LogP) is 3.54. The number of thiophene rings is 2. The molecule has 0 radical (unpaired) electrons. The minimum Gasteiger partial charge on any atom is -0.478 e. The van der Waals surface area contributed by atoms with Crippen molar-refractivity contribution < 1.29 is 9.90 Å². The summed E-state index contributed by atoms with van der Waals surface area (Å²) in [6.45, 7) is 1.81. The molecule has 2 aromatic rings. The van der Waals surface area contributed by atoms with Crippen LogP contribution in [0.5, 0.6) is 0 Å². The highest BCUT2D eigenvalue weighted by Crippen LogP contribution is 2.19. The average Bonchev–Trinajstić information content (AvgIpc) is 2.98. The van der Waals surface area contributed by atoms with Gasteiger partial charge in [0, 0.05) is 24.0 Å². The van der Waals surface area contributed by atoms with E-state index in [2.05, 4.69) is 28.8 Å². The van der Waals surface area contributed by atoms with E-state index in [0.29, 0.717) is 0 Å². The summed E-state index contributed by atoms with van der Waals surface area (Å²) in [6, 6.07) is 4.17. The van der Waals surface area contributed by atoms with Crippen molar-refractivity contribution in [2.75, 3.05) is 7.05 Å². The zero-order valence-corrected chi connectivity index (χ0v) is 12.2. The molecule has 0 aliphatic carbocycles. The van der Waals surface area contributed by atoms with Crippen LogP contribution < -0.4 is 0 Å². The molecule has 0 amide bonds. The van der Waals surface area contributed by atoms with Gasteiger partial charge < -0.3 is 5.11 Å². The van der Waals surface area contributed by atoms with E-state index >= 15 is 0 Å². The van der Waals surface area contributed by atoms with Gasteiger partial charge >= 0.3 is 5.97 Å². The van der Waals surface area contributed by atoms with E-state index in [1.165, 1.54) is 16.5 Å². The van der Waals surface area contributed by atoms with Gasteiger partial charge in [-0.1, -0.05) is 0 Å². The lowest BCUT2D eigenvalue weighted by Crippen LogP contribution is -2.15. The highest BCUT2D eigenvalue weighted by atomic mass is 32.1. The summed E-state index contributed by atoms with van der Waals surface area (Å²) in [5.74, 6) is -0.915. The Balaban J connectivity index is 1.90. The Morgan fingerprint density at radius 1 is 1.42 bits per heavy atom. The van der Waals surface area contributed by atoms with Gasteiger partial charge in [-0.3, -0.25) is 4.90 Å². The van der Waals surface area contributed by atoms with Crippen molar-refractivity contribution in [2.45, 2.75) is 13.1 Å². The Morgan fingerprint density at radius 3 is 2.95 bits per heavy atom. The maximum atomic E-state index is 10.4. The largest absolute Gasteiger partial charge is 0.478 e. The molecule has 0 saturated heterocycles. The van der Waals surface area contributed by atoms with E-state index in [1.54, 1.807) is 28.7 Å². The summed E-state index contributed by atoms with van der Waals surface area (Å²) >= 11 is 3.37. The maximum Gasteiger partial charge on any atom is 0.328 e. The van der Waals surface area contributed by atoms with E-state index in [1.807, 2.05) is 11.4 Å². The van der Waals surface area contributed by atoms with Gasteiger partial charge in [0.05, 0.1) is 0 Å². The maximum absolute atomic E-state index is 10.4. The van der Waals surface area contributed by atoms with Gasteiger partial charge in [-0.2, -0.15) is 11.3 Å². The van der Waals surface area contributed by atoms with Gasteiger partial charge in [-0.25, -0.2) is 4.79 Å². The topological polar surface area (TPSA) is 40.5 Å². The molecular weight excluding hydrogens is 278 g/mol. The van der Waals surface area contributed by atoms with E-state index < -0.39 is 5.97 Å². The number of nitrogens with zero attached hydrogens (tertiary/aromatic N) is 1. The Bertz CT molecular complexity index is 558. The third kappa shape index (κ3) is 4.63. The lowest BCUT2D eigenvalue weighted by atomic mass is 10.2. The van der Waals surface area contributed by atoms with Crippen LogP contribution in [0.15, 0.2) is 34.3 Å². The smallest absolute Gasteiger partial charge is 0.328 e. The second-order valence-corrected chi connectivity index (χ2v) is 6.10. The van der Waals surface area contributed by atoms with Crippen LogP contribution in [-0.4, -0.2) is 23.0 Å². The van der Waals surface area contributed by atoms with Gasteiger partial charge in [0.1, 0.15) is 0 Å². The van der Waals surface area contributed by atoms with Crippen LogP contribution in [0.3, 0.4) is 0 Å². The van der Waals surface area contributed by atoms with Gasteiger partial charge in [-0.05, 0) is 52.5 Å². The molecule has 1 N–H and O–H groups in total. The SMILES string of the molecule is CN(Cc1ccsc1)Cc1cc(C=CC(=O)O)cs1. The zero-order chi connectivity index (χ0) is 13.7. The van der Waals surface area contributed by atoms with E-state index in [0.717, 1.165) is 18.7 Å². The molecule has 0 aliphatic heterocycles. The molecule has 2 aromatic heterocycles. The molecule has 0 spiro atoms. The molecule has 0 fully saturated rings. The van der Waals surface area contributed by atoms with Crippen LogP contribution in [0.1, 0.15) is 16.0 Å².